The molecule has 0 aliphatic carbocycles. The molecule has 90 valence electrons. The van der Waals surface area contributed by atoms with Gasteiger partial charge in [-0.25, -0.2) is 9.97 Å². The van der Waals surface area contributed by atoms with Crippen LogP contribution in [-0.2, 0) is 0 Å². The predicted molar refractivity (Wildman–Crippen MR) is 71.2 cm³/mol. The maximum atomic E-state index is 5.68. The molecule has 1 aromatic heterocycles. The summed E-state index contributed by atoms with van der Waals surface area (Å²) in [4.78, 5) is 11.3. The number of aromatic nitrogens is 2. The third kappa shape index (κ3) is 2.22. The van der Waals surface area contributed by atoms with Crippen LogP contribution in [0.1, 0.15) is 12.6 Å². The van der Waals surface area contributed by atoms with Gasteiger partial charge in [-0.05, 0) is 26.0 Å². The molecule has 0 amide bonds. The number of hydrogen-bond acceptors (Lipinski definition) is 4. The lowest BCUT2D eigenvalue weighted by molar-refractivity contribution is 0.685. The SMILES string of the molecule is Cc1nc2ccccc2nc1N(C)C(C)CN. The van der Waals surface area contributed by atoms with Crippen LogP contribution in [0.4, 0.5) is 5.82 Å². The summed E-state index contributed by atoms with van der Waals surface area (Å²) in [5, 5.41) is 0. The van der Waals surface area contributed by atoms with Crippen molar-refractivity contribution in [2.45, 2.75) is 19.9 Å². The van der Waals surface area contributed by atoms with Gasteiger partial charge in [0.2, 0.25) is 0 Å². The van der Waals surface area contributed by atoms with E-state index in [2.05, 4.69) is 21.8 Å². The molecule has 0 saturated carbocycles. The van der Waals surface area contributed by atoms with Crippen molar-refractivity contribution in [1.82, 2.24) is 9.97 Å². The van der Waals surface area contributed by atoms with Gasteiger partial charge in [-0.15, -0.1) is 0 Å². The van der Waals surface area contributed by atoms with E-state index in [1.165, 1.54) is 0 Å². The van der Waals surface area contributed by atoms with E-state index in [9.17, 15) is 0 Å². The van der Waals surface area contributed by atoms with Crippen molar-refractivity contribution in [1.29, 1.82) is 0 Å². The van der Waals surface area contributed by atoms with E-state index in [4.69, 9.17) is 5.73 Å². The number of fused-ring (bicyclic) bond motifs is 1. The number of para-hydroxylation sites is 2. The quantitative estimate of drug-likeness (QED) is 0.872. The van der Waals surface area contributed by atoms with Gasteiger partial charge in [-0.2, -0.15) is 0 Å². The molecule has 1 atom stereocenters. The molecule has 2 N–H and O–H groups in total. The predicted octanol–water partition coefficient (Wildman–Crippen LogP) is 1.72. The van der Waals surface area contributed by atoms with Crippen molar-refractivity contribution in [3.05, 3.63) is 30.0 Å². The Bertz CT molecular complexity index is 524. The van der Waals surface area contributed by atoms with E-state index >= 15 is 0 Å². The van der Waals surface area contributed by atoms with Crippen LogP contribution in [0.2, 0.25) is 0 Å². The first-order valence-corrected chi connectivity index (χ1v) is 5.79. The third-order valence-corrected chi connectivity index (χ3v) is 3.06. The highest BCUT2D eigenvalue weighted by atomic mass is 15.2. The van der Waals surface area contributed by atoms with Crippen molar-refractivity contribution in [2.75, 3.05) is 18.5 Å². The average molecular weight is 230 g/mol. The number of anilines is 1. The molecule has 1 aromatic carbocycles. The van der Waals surface area contributed by atoms with E-state index in [-0.39, 0.29) is 6.04 Å². The third-order valence-electron chi connectivity index (χ3n) is 3.06. The normalized spacial score (nSPS) is 12.7. The molecule has 17 heavy (non-hydrogen) atoms. The highest BCUT2D eigenvalue weighted by Gasteiger charge is 2.13. The minimum absolute atomic E-state index is 0.254. The van der Waals surface area contributed by atoms with Gasteiger partial charge in [-0.3, -0.25) is 0 Å². The van der Waals surface area contributed by atoms with Gasteiger partial charge in [0.05, 0.1) is 16.7 Å². The number of hydrogen-bond donors (Lipinski definition) is 1. The lowest BCUT2D eigenvalue weighted by atomic mass is 10.2. The summed E-state index contributed by atoms with van der Waals surface area (Å²) in [5.74, 6) is 0.904. The summed E-state index contributed by atoms with van der Waals surface area (Å²) in [7, 11) is 2.00. The Morgan fingerprint density at radius 3 is 2.41 bits per heavy atom. The molecule has 4 nitrogen and oxygen atoms in total. The molecule has 2 aromatic rings. The summed E-state index contributed by atoms with van der Waals surface area (Å²) in [6.07, 6.45) is 0. The van der Waals surface area contributed by atoms with E-state index in [0.717, 1.165) is 22.5 Å². The fourth-order valence-corrected chi connectivity index (χ4v) is 1.78. The van der Waals surface area contributed by atoms with Crippen LogP contribution in [0.3, 0.4) is 0 Å². The Labute approximate surface area is 101 Å². The Hall–Kier alpha value is -1.68. The van der Waals surface area contributed by atoms with Crippen LogP contribution < -0.4 is 10.6 Å². The van der Waals surface area contributed by atoms with Crippen LogP contribution in [-0.4, -0.2) is 29.6 Å². The highest BCUT2D eigenvalue weighted by molar-refractivity contribution is 5.76. The second-order valence-electron chi connectivity index (χ2n) is 4.32. The standard InChI is InChI=1S/C13H18N4/c1-9(8-14)17(3)13-10(2)15-11-6-4-5-7-12(11)16-13/h4-7,9H,8,14H2,1-3H3. The number of rotatable bonds is 3. The molecule has 0 bridgehead atoms. The molecule has 2 rings (SSSR count). The first-order chi connectivity index (χ1) is 8.13. The zero-order chi connectivity index (χ0) is 12.4. The second-order valence-corrected chi connectivity index (χ2v) is 4.32. The lowest BCUT2D eigenvalue weighted by Gasteiger charge is -2.25. The van der Waals surface area contributed by atoms with Gasteiger partial charge in [0, 0.05) is 19.6 Å². The van der Waals surface area contributed by atoms with E-state index < -0.39 is 0 Å². The van der Waals surface area contributed by atoms with E-state index in [1.807, 2.05) is 38.2 Å². The number of nitrogens with zero attached hydrogens (tertiary/aromatic N) is 3. The minimum Gasteiger partial charge on any atom is -0.354 e. The molecule has 0 aliphatic heterocycles. The Kier molecular flexibility index (Phi) is 3.24. The maximum Gasteiger partial charge on any atom is 0.150 e. The topological polar surface area (TPSA) is 55.0 Å². The summed E-state index contributed by atoms with van der Waals surface area (Å²) < 4.78 is 0. The van der Waals surface area contributed by atoms with Gasteiger partial charge < -0.3 is 10.6 Å². The smallest absolute Gasteiger partial charge is 0.150 e. The first kappa shape index (κ1) is 11.8. The number of benzene rings is 1. The van der Waals surface area contributed by atoms with Crippen LogP contribution >= 0.6 is 0 Å². The van der Waals surface area contributed by atoms with Gasteiger partial charge in [0.1, 0.15) is 0 Å². The molecule has 0 aliphatic rings. The zero-order valence-electron chi connectivity index (χ0n) is 10.5. The van der Waals surface area contributed by atoms with Gasteiger partial charge in [-0.1, -0.05) is 12.1 Å². The maximum absolute atomic E-state index is 5.68. The summed E-state index contributed by atoms with van der Waals surface area (Å²) in [6, 6.07) is 8.16. The van der Waals surface area contributed by atoms with E-state index in [1.54, 1.807) is 0 Å². The van der Waals surface area contributed by atoms with E-state index in [0.29, 0.717) is 6.54 Å². The summed E-state index contributed by atoms with van der Waals surface area (Å²) >= 11 is 0. The molecule has 0 saturated heterocycles. The van der Waals surface area contributed by atoms with Crippen LogP contribution in [0.15, 0.2) is 24.3 Å². The summed E-state index contributed by atoms with van der Waals surface area (Å²) in [6.45, 7) is 4.66. The van der Waals surface area contributed by atoms with Crippen LogP contribution in [0.5, 0.6) is 0 Å². The Balaban J connectivity index is 2.50. The molecular formula is C13H18N4. The van der Waals surface area contributed by atoms with Gasteiger partial charge >= 0.3 is 0 Å². The molecule has 0 fully saturated rings. The lowest BCUT2D eigenvalue weighted by Crippen LogP contribution is -2.36. The van der Waals surface area contributed by atoms with Crippen molar-refractivity contribution in [2.24, 2.45) is 5.73 Å². The first-order valence-electron chi connectivity index (χ1n) is 5.79. The Morgan fingerprint density at radius 2 is 1.82 bits per heavy atom. The summed E-state index contributed by atoms with van der Waals surface area (Å²) in [5.41, 5.74) is 8.47. The number of likely N-dealkylation sites (N-methyl/N-ethyl adjacent to an activating group) is 1. The number of nitrogens with two attached hydrogens (primary N) is 1. The molecule has 1 unspecified atom stereocenters. The Morgan fingerprint density at radius 1 is 1.24 bits per heavy atom. The number of aryl methyl sites for hydroxylation is 1. The van der Waals surface area contributed by atoms with Crippen LogP contribution in [0.25, 0.3) is 11.0 Å². The van der Waals surface area contributed by atoms with Crippen LogP contribution in [0, 0.1) is 6.92 Å². The molecule has 0 spiro atoms. The highest BCUT2D eigenvalue weighted by Crippen LogP contribution is 2.20. The van der Waals surface area contributed by atoms with Gasteiger partial charge in [0.25, 0.3) is 0 Å². The monoisotopic (exact) mass is 230 g/mol. The van der Waals surface area contributed by atoms with Crippen molar-refractivity contribution in [3.63, 3.8) is 0 Å². The minimum atomic E-state index is 0.254. The fraction of sp³-hybridized carbons (Fsp3) is 0.385. The molecule has 4 heteroatoms. The molecule has 0 radical (unpaired) electrons. The fourth-order valence-electron chi connectivity index (χ4n) is 1.78. The van der Waals surface area contributed by atoms with Gasteiger partial charge in [0.15, 0.2) is 5.82 Å². The zero-order valence-corrected chi connectivity index (χ0v) is 10.5. The second kappa shape index (κ2) is 4.67. The largest absolute Gasteiger partial charge is 0.354 e. The average Bonchev–Trinajstić information content (AvgIpc) is 2.36. The van der Waals surface area contributed by atoms with Crippen molar-refractivity contribution < 1.29 is 0 Å². The van der Waals surface area contributed by atoms with Crippen molar-refractivity contribution >= 4 is 16.9 Å². The molecular weight excluding hydrogens is 212 g/mol. The van der Waals surface area contributed by atoms with Crippen molar-refractivity contribution in [3.8, 4) is 0 Å². The molecule has 1 heterocycles.